The number of carbonyl (C=O) groups is 3. The van der Waals surface area contributed by atoms with Crippen LogP contribution in [0.4, 0.5) is 4.39 Å². The molecule has 4 rings (SSSR count). The Morgan fingerprint density at radius 2 is 2.06 bits per heavy atom. The molecule has 2 aliphatic heterocycles. The van der Waals surface area contributed by atoms with Crippen molar-refractivity contribution in [1.29, 1.82) is 0 Å². The van der Waals surface area contributed by atoms with Crippen molar-refractivity contribution in [2.45, 2.75) is 56.8 Å². The van der Waals surface area contributed by atoms with Crippen LogP contribution in [0.2, 0.25) is 0 Å². The molecule has 1 amide bonds. The fraction of sp³-hybridized carbons (Fsp3) is 0.458. The van der Waals surface area contributed by atoms with Gasteiger partial charge in [-0.2, -0.15) is 0 Å². The molecule has 1 fully saturated rings. The molecule has 3 heterocycles. The first-order chi connectivity index (χ1) is 16.2. The Morgan fingerprint density at radius 1 is 1.29 bits per heavy atom. The van der Waals surface area contributed by atoms with Gasteiger partial charge < -0.3 is 20.0 Å². The van der Waals surface area contributed by atoms with E-state index >= 15 is 0 Å². The average molecular weight is 471 g/mol. The van der Waals surface area contributed by atoms with E-state index in [0.29, 0.717) is 11.4 Å². The van der Waals surface area contributed by atoms with Crippen LogP contribution < -0.4 is 5.32 Å². The van der Waals surface area contributed by atoms with Crippen LogP contribution in [0.15, 0.2) is 41.7 Å². The monoisotopic (exact) mass is 471 g/mol. The predicted octanol–water partition coefficient (Wildman–Crippen LogP) is 2.76. The number of aliphatic carboxylic acids is 1. The summed E-state index contributed by atoms with van der Waals surface area (Å²) >= 11 is 0. The van der Waals surface area contributed by atoms with Gasteiger partial charge in [0.05, 0.1) is 18.2 Å². The number of carboxylic acids is 1. The third-order valence-corrected chi connectivity index (χ3v) is 6.63. The number of esters is 1. The van der Waals surface area contributed by atoms with Crippen LogP contribution in [0, 0.1) is 5.92 Å². The number of rotatable bonds is 8. The number of fused-ring (bicyclic) bond motifs is 1. The first kappa shape index (κ1) is 23.6. The first-order valence-electron chi connectivity index (χ1n) is 11.1. The van der Waals surface area contributed by atoms with Gasteiger partial charge in [0, 0.05) is 36.8 Å². The number of hydrogen-bond acceptors (Lipinski definition) is 7. The van der Waals surface area contributed by atoms with E-state index in [1.54, 1.807) is 20.0 Å². The number of carbonyl (C=O) groups excluding carboxylic acids is 2. The highest BCUT2D eigenvalue weighted by atomic mass is 19.1. The van der Waals surface area contributed by atoms with Crippen molar-refractivity contribution in [3.8, 4) is 0 Å². The van der Waals surface area contributed by atoms with Crippen LogP contribution in [-0.2, 0) is 24.0 Å². The molecule has 9 nitrogen and oxygen atoms in total. The fourth-order valence-corrected chi connectivity index (χ4v) is 4.51. The number of hydrogen-bond donors (Lipinski definition) is 2. The van der Waals surface area contributed by atoms with Crippen molar-refractivity contribution in [3.05, 3.63) is 42.2 Å². The number of aromatic nitrogens is 1. The lowest BCUT2D eigenvalue weighted by Gasteiger charge is -2.35. The van der Waals surface area contributed by atoms with Gasteiger partial charge >= 0.3 is 11.9 Å². The first-order valence-corrected chi connectivity index (χ1v) is 11.1. The van der Waals surface area contributed by atoms with Gasteiger partial charge in [-0.25, -0.2) is 4.39 Å². The van der Waals surface area contributed by atoms with E-state index in [1.807, 2.05) is 30.3 Å². The lowest BCUT2D eigenvalue weighted by atomic mass is 9.82. The summed E-state index contributed by atoms with van der Waals surface area (Å²) in [6.45, 7) is 2.49. The smallest absolute Gasteiger partial charge is 0.308 e. The molecule has 2 aromatic rings. The second-order valence-corrected chi connectivity index (χ2v) is 9.03. The van der Waals surface area contributed by atoms with Crippen LogP contribution in [-0.4, -0.2) is 57.6 Å². The third-order valence-electron chi connectivity index (χ3n) is 6.63. The molecule has 10 heteroatoms. The minimum absolute atomic E-state index is 0.122. The number of oxime groups is 1. The minimum atomic E-state index is -1.73. The largest absolute Gasteiger partial charge is 0.481 e. The summed E-state index contributed by atoms with van der Waals surface area (Å²) in [5, 5.41) is 17.8. The Bertz CT molecular complexity index is 1160. The van der Waals surface area contributed by atoms with Gasteiger partial charge in [-0.1, -0.05) is 43.3 Å². The summed E-state index contributed by atoms with van der Waals surface area (Å²) in [5.74, 6) is -2.76. The second-order valence-electron chi connectivity index (χ2n) is 9.03. The molecule has 1 saturated heterocycles. The van der Waals surface area contributed by atoms with Crippen LogP contribution in [0.3, 0.4) is 0 Å². The SMILES string of the molecule is CC(C)[C@@]1(C(=O)N[C@H]2CC(=O)O[C@@]2(CF)CCC(=O)O)CC(c2nccc3ccccc23)=NO1. The Balaban J connectivity index is 1.59. The Hall–Kier alpha value is -3.56. The summed E-state index contributed by atoms with van der Waals surface area (Å²) in [4.78, 5) is 46.8. The maximum Gasteiger partial charge on any atom is 0.308 e. The zero-order chi connectivity index (χ0) is 24.5. The number of benzene rings is 1. The van der Waals surface area contributed by atoms with Crippen LogP contribution >= 0.6 is 0 Å². The summed E-state index contributed by atoms with van der Waals surface area (Å²) < 4.78 is 19.2. The zero-order valence-corrected chi connectivity index (χ0v) is 18.9. The molecule has 34 heavy (non-hydrogen) atoms. The number of ether oxygens (including phenoxy) is 1. The summed E-state index contributed by atoms with van der Waals surface area (Å²) in [7, 11) is 0. The highest BCUT2D eigenvalue weighted by Gasteiger charge is 2.55. The van der Waals surface area contributed by atoms with Gasteiger partial charge in [-0.15, -0.1) is 0 Å². The van der Waals surface area contributed by atoms with Crippen molar-refractivity contribution in [1.82, 2.24) is 10.3 Å². The summed E-state index contributed by atoms with van der Waals surface area (Å²) in [5.41, 5.74) is -2.04. The van der Waals surface area contributed by atoms with Gasteiger partial charge in [0.15, 0.2) is 5.60 Å². The number of nitrogens with one attached hydrogen (secondary N) is 1. The third kappa shape index (κ3) is 4.08. The standard InChI is InChI=1S/C24H26FN3O6/c1-14(2)24(12-17(28-34-24)21-16-6-4-3-5-15(16)8-10-26-21)22(32)27-18-11-20(31)33-23(18,13-25)9-7-19(29)30/h3-6,8,10,14,18H,7,9,11-13H2,1-2H3,(H,27,32)(H,29,30)/t18-,23+,24+/m0/s1. The molecule has 180 valence electrons. The van der Waals surface area contributed by atoms with Gasteiger partial charge in [0.25, 0.3) is 5.91 Å². The molecular formula is C24H26FN3O6. The number of halogens is 1. The molecule has 2 N–H and O–H groups in total. The van der Waals surface area contributed by atoms with Crippen LogP contribution in [0.5, 0.6) is 0 Å². The quantitative estimate of drug-likeness (QED) is 0.567. The summed E-state index contributed by atoms with van der Waals surface area (Å²) in [6.07, 6.45) is 0.857. The minimum Gasteiger partial charge on any atom is -0.481 e. The second kappa shape index (κ2) is 9.00. The van der Waals surface area contributed by atoms with Gasteiger partial charge in [-0.3, -0.25) is 19.4 Å². The highest BCUT2D eigenvalue weighted by molar-refractivity contribution is 6.11. The number of pyridine rings is 1. The van der Waals surface area contributed by atoms with Gasteiger partial charge in [0.1, 0.15) is 12.4 Å². The molecule has 2 aliphatic rings. The number of amides is 1. The van der Waals surface area contributed by atoms with E-state index in [4.69, 9.17) is 14.7 Å². The molecule has 0 spiro atoms. The highest BCUT2D eigenvalue weighted by Crippen LogP contribution is 2.37. The molecule has 0 radical (unpaired) electrons. The number of nitrogens with zero attached hydrogens (tertiary/aromatic N) is 2. The summed E-state index contributed by atoms with van der Waals surface area (Å²) in [6, 6.07) is 8.51. The van der Waals surface area contributed by atoms with Crippen molar-refractivity contribution < 1.29 is 33.5 Å². The number of alkyl halides is 1. The lowest BCUT2D eigenvalue weighted by molar-refractivity contribution is -0.157. The molecule has 1 aromatic heterocycles. The Labute approximate surface area is 195 Å². The average Bonchev–Trinajstić information content (AvgIpc) is 3.40. The number of cyclic esters (lactones) is 1. The molecule has 0 aliphatic carbocycles. The van der Waals surface area contributed by atoms with E-state index in [9.17, 15) is 18.8 Å². The molecule has 0 unspecified atom stereocenters. The van der Waals surface area contributed by atoms with Crippen molar-refractivity contribution in [2.24, 2.45) is 11.1 Å². The van der Waals surface area contributed by atoms with E-state index in [0.717, 1.165) is 10.8 Å². The topological polar surface area (TPSA) is 127 Å². The Kier molecular flexibility index (Phi) is 6.24. The maximum atomic E-state index is 14.1. The maximum absolute atomic E-state index is 14.1. The zero-order valence-electron chi connectivity index (χ0n) is 18.9. The molecular weight excluding hydrogens is 445 g/mol. The molecule has 3 atom stereocenters. The van der Waals surface area contributed by atoms with Gasteiger partial charge in [-0.05, 0) is 11.5 Å². The number of carboxylic acid groups (broad SMARTS) is 1. The Morgan fingerprint density at radius 3 is 2.76 bits per heavy atom. The normalized spacial score (nSPS) is 26.3. The fourth-order valence-electron chi connectivity index (χ4n) is 4.51. The van der Waals surface area contributed by atoms with Crippen molar-refractivity contribution in [2.75, 3.05) is 6.67 Å². The molecule has 1 aromatic carbocycles. The van der Waals surface area contributed by atoms with Crippen LogP contribution in [0.1, 0.15) is 45.2 Å². The van der Waals surface area contributed by atoms with E-state index in [2.05, 4.69) is 15.5 Å². The van der Waals surface area contributed by atoms with E-state index in [1.165, 1.54) is 0 Å². The molecule has 0 saturated carbocycles. The van der Waals surface area contributed by atoms with E-state index in [-0.39, 0.29) is 25.2 Å². The predicted molar refractivity (Wildman–Crippen MR) is 120 cm³/mol. The van der Waals surface area contributed by atoms with Crippen molar-refractivity contribution >= 4 is 34.3 Å². The lowest BCUT2D eigenvalue weighted by Crippen LogP contribution is -2.59. The van der Waals surface area contributed by atoms with Crippen LogP contribution in [0.25, 0.3) is 10.8 Å². The van der Waals surface area contributed by atoms with Gasteiger partial charge in [0.2, 0.25) is 5.60 Å². The van der Waals surface area contributed by atoms with E-state index < -0.39 is 48.2 Å². The van der Waals surface area contributed by atoms with Crippen molar-refractivity contribution in [3.63, 3.8) is 0 Å². The molecule has 0 bridgehead atoms.